The Balaban J connectivity index is 0.00000107. The van der Waals surface area contributed by atoms with E-state index in [1.807, 2.05) is 32.9 Å². The third-order valence-corrected chi connectivity index (χ3v) is 4.28. The molecule has 0 radical (unpaired) electrons. The van der Waals surface area contributed by atoms with Crippen molar-refractivity contribution in [3.8, 4) is 22.9 Å². The first-order chi connectivity index (χ1) is 14.7. The van der Waals surface area contributed by atoms with E-state index in [0.717, 1.165) is 22.4 Å². The number of nitrogens with two attached hydrogens (primary N) is 1. The van der Waals surface area contributed by atoms with Crippen molar-refractivity contribution in [1.82, 2.24) is 10.3 Å². The van der Waals surface area contributed by atoms with Crippen LogP contribution in [-0.4, -0.2) is 41.2 Å². The van der Waals surface area contributed by atoms with Crippen LogP contribution in [0.1, 0.15) is 37.6 Å². The molecule has 1 aliphatic heterocycles. The van der Waals surface area contributed by atoms with Crippen molar-refractivity contribution in [2.75, 3.05) is 18.9 Å². The van der Waals surface area contributed by atoms with Gasteiger partial charge in [-0.3, -0.25) is 9.59 Å². The van der Waals surface area contributed by atoms with Gasteiger partial charge in [-0.05, 0) is 38.5 Å². The number of nitrogen functional groups attached to an aromatic ring is 1. The molecule has 164 valence electrons. The molecule has 2 aromatic rings. The maximum absolute atomic E-state index is 11.9. The summed E-state index contributed by atoms with van der Waals surface area (Å²) in [6.07, 6.45) is 0.669. The minimum Gasteiger partial charge on any atom is -0.484 e. The molecule has 1 aromatic heterocycles. The van der Waals surface area contributed by atoms with Gasteiger partial charge in [-0.1, -0.05) is 12.1 Å². The summed E-state index contributed by atoms with van der Waals surface area (Å²) < 4.78 is 11.1. The van der Waals surface area contributed by atoms with E-state index in [4.69, 9.17) is 25.1 Å². The Kier molecular flexibility index (Phi) is 7.94. The van der Waals surface area contributed by atoms with Crippen molar-refractivity contribution in [2.24, 2.45) is 0 Å². The second-order valence-corrected chi connectivity index (χ2v) is 7.80. The van der Waals surface area contributed by atoms with Crippen LogP contribution in [0.5, 0.6) is 5.75 Å². The lowest BCUT2D eigenvalue weighted by molar-refractivity contribution is -0.124. The average Bonchev–Trinajstić information content (AvgIpc) is 2.71. The van der Waals surface area contributed by atoms with Gasteiger partial charge in [-0.25, -0.2) is 4.98 Å². The summed E-state index contributed by atoms with van der Waals surface area (Å²) in [6.45, 7) is 6.42. The predicted molar refractivity (Wildman–Crippen MR) is 114 cm³/mol. The molecule has 9 nitrogen and oxygen atoms in total. The molecule has 9 heteroatoms. The van der Waals surface area contributed by atoms with Crippen LogP contribution in [0, 0.1) is 11.3 Å². The van der Waals surface area contributed by atoms with Gasteiger partial charge in [0, 0.05) is 23.1 Å². The van der Waals surface area contributed by atoms with E-state index < -0.39 is 0 Å². The van der Waals surface area contributed by atoms with Crippen LogP contribution in [-0.2, 0) is 27.4 Å². The van der Waals surface area contributed by atoms with E-state index >= 15 is 0 Å². The SMILES string of the molecule is CC(C)(C)NC(=O)COc1ccc(-c2c(C#N)c(N)nc3c2COCC3)cc1.O=CO. The van der Waals surface area contributed by atoms with Crippen LogP contribution in [0.15, 0.2) is 24.3 Å². The number of nitrogens with zero attached hydrogens (tertiary/aromatic N) is 2. The number of nitrogens with one attached hydrogen (secondary N) is 1. The Labute approximate surface area is 180 Å². The van der Waals surface area contributed by atoms with Crippen LogP contribution in [0.4, 0.5) is 5.82 Å². The summed E-state index contributed by atoms with van der Waals surface area (Å²) in [6, 6.07) is 9.40. The first kappa shape index (κ1) is 23.6. The zero-order chi connectivity index (χ0) is 23.0. The lowest BCUT2D eigenvalue weighted by Gasteiger charge is -2.21. The fourth-order valence-corrected chi connectivity index (χ4v) is 3.15. The van der Waals surface area contributed by atoms with Crippen molar-refractivity contribution in [1.29, 1.82) is 5.26 Å². The largest absolute Gasteiger partial charge is 0.484 e. The van der Waals surface area contributed by atoms with E-state index in [1.54, 1.807) is 12.1 Å². The first-order valence-corrected chi connectivity index (χ1v) is 9.61. The van der Waals surface area contributed by atoms with Gasteiger partial charge < -0.3 is 25.6 Å². The molecule has 2 heterocycles. The number of carbonyl (C=O) groups is 2. The molecule has 0 fully saturated rings. The van der Waals surface area contributed by atoms with Gasteiger partial charge in [-0.15, -0.1) is 0 Å². The molecule has 0 aliphatic carbocycles. The number of nitriles is 1. The molecule has 1 aliphatic rings. The summed E-state index contributed by atoms with van der Waals surface area (Å²) in [5, 5.41) is 19.3. The van der Waals surface area contributed by atoms with Gasteiger partial charge >= 0.3 is 0 Å². The Morgan fingerprint density at radius 1 is 1.39 bits per heavy atom. The number of amides is 1. The van der Waals surface area contributed by atoms with Crippen molar-refractivity contribution >= 4 is 18.2 Å². The summed E-state index contributed by atoms with van der Waals surface area (Å²) in [5.41, 5.74) is 9.41. The van der Waals surface area contributed by atoms with Gasteiger partial charge in [0.1, 0.15) is 23.2 Å². The Bertz CT molecular complexity index is 975. The highest BCUT2D eigenvalue weighted by Crippen LogP contribution is 2.35. The van der Waals surface area contributed by atoms with Crippen LogP contribution in [0.3, 0.4) is 0 Å². The van der Waals surface area contributed by atoms with E-state index in [0.29, 0.717) is 30.9 Å². The Hall–Kier alpha value is -3.64. The molecule has 31 heavy (non-hydrogen) atoms. The number of anilines is 1. The van der Waals surface area contributed by atoms with Crippen molar-refractivity contribution in [3.63, 3.8) is 0 Å². The number of ether oxygens (including phenoxy) is 2. The summed E-state index contributed by atoms with van der Waals surface area (Å²) in [7, 11) is 0. The summed E-state index contributed by atoms with van der Waals surface area (Å²) in [5.74, 6) is 0.618. The zero-order valence-corrected chi connectivity index (χ0v) is 17.8. The number of benzene rings is 1. The molecule has 4 N–H and O–H groups in total. The molecule has 3 rings (SSSR count). The molecule has 0 spiro atoms. The lowest BCUT2D eigenvalue weighted by atomic mass is 9.93. The number of carboxylic acid groups (broad SMARTS) is 1. The van der Waals surface area contributed by atoms with Crippen LogP contribution in [0.2, 0.25) is 0 Å². The highest BCUT2D eigenvalue weighted by Gasteiger charge is 2.22. The number of aromatic nitrogens is 1. The monoisotopic (exact) mass is 426 g/mol. The van der Waals surface area contributed by atoms with Crippen molar-refractivity contribution in [2.45, 2.75) is 39.3 Å². The summed E-state index contributed by atoms with van der Waals surface area (Å²) >= 11 is 0. The number of fused-ring (bicyclic) bond motifs is 1. The number of hydrogen-bond acceptors (Lipinski definition) is 7. The average molecular weight is 426 g/mol. The van der Waals surface area contributed by atoms with Gasteiger partial charge in [0.05, 0.1) is 18.9 Å². The standard InChI is InChI=1S/C21H24N4O3.CH2O2/c1-21(2,3)25-18(26)12-28-14-6-4-13(5-7-14)19-15(10-22)20(23)24-17-8-9-27-11-16(17)19;2-1-3/h4-7H,8-9,11-12H2,1-3H3,(H2,23,24)(H,25,26);1H,(H,2,3). The molecule has 1 amide bonds. The van der Waals surface area contributed by atoms with Gasteiger partial charge in [0.15, 0.2) is 6.61 Å². The van der Waals surface area contributed by atoms with Gasteiger partial charge in [0.25, 0.3) is 12.4 Å². The summed E-state index contributed by atoms with van der Waals surface area (Å²) in [4.78, 5) is 24.6. The van der Waals surface area contributed by atoms with Crippen molar-refractivity contribution < 1.29 is 24.2 Å². The number of hydrogen-bond donors (Lipinski definition) is 3. The fourth-order valence-electron chi connectivity index (χ4n) is 3.15. The minimum atomic E-state index is -0.305. The molecule has 0 saturated heterocycles. The highest BCUT2D eigenvalue weighted by molar-refractivity contribution is 5.80. The molecule has 0 atom stereocenters. The zero-order valence-electron chi connectivity index (χ0n) is 17.8. The molecular formula is C22H26N4O5. The second kappa shape index (κ2) is 10.4. The molecule has 0 bridgehead atoms. The molecule has 0 unspecified atom stereocenters. The smallest absolute Gasteiger partial charge is 0.290 e. The minimum absolute atomic E-state index is 0.0640. The number of rotatable bonds is 4. The number of pyridine rings is 1. The van der Waals surface area contributed by atoms with E-state index in [2.05, 4.69) is 16.4 Å². The quantitative estimate of drug-likeness (QED) is 0.631. The molecule has 0 saturated carbocycles. The topological polar surface area (TPSA) is 148 Å². The van der Waals surface area contributed by atoms with Gasteiger partial charge in [0.2, 0.25) is 0 Å². The van der Waals surface area contributed by atoms with Crippen LogP contribution in [0.25, 0.3) is 11.1 Å². The normalized spacial score (nSPS) is 12.5. The van der Waals surface area contributed by atoms with E-state index in [-0.39, 0.29) is 30.3 Å². The third kappa shape index (κ3) is 6.42. The maximum Gasteiger partial charge on any atom is 0.290 e. The first-order valence-electron chi connectivity index (χ1n) is 9.61. The second-order valence-electron chi connectivity index (χ2n) is 7.80. The lowest BCUT2D eigenvalue weighted by Crippen LogP contribution is -2.43. The van der Waals surface area contributed by atoms with E-state index in [1.165, 1.54) is 0 Å². The van der Waals surface area contributed by atoms with E-state index in [9.17, 15) is 10.1 Å². The highest BCUT2D eigenvalue weighted by atomic mass is 16.5. The Morgan fingerprint density at radius 3 is 2.61 bits per heavy atom. The predicted octanol–water partition coefficient (Wildman–Crippen LogP) is 2.27. The third-order valence-electron chi connectivity index (χ3n) is 4.28. The van der Waals surface area contributed by atoms with Crippen molar-refractivity contribution in [3.05, 3.63) is 41.1 Å². The Morgan fingerprint density at radius 2 is 2.03 bits per heavy atom. The molecule has 1 aromatic carbocycles. The van der Waals surface area contributed by atoms with Crippen LogP contribution >= 0.6 is 0 Å². The molecular weight excluding hydrogens is 400 g/mol. The van der Waals surface area contributed by atoms with Gasteiger partial charge in [-0.2, -0.15) is 5.26 Å². The fraction of sp³-hybridized carbons (Fsp3) is 0.364. The number of carbonyl (C=O) groups excluding carboxylic acids is 1. The van der Waals surface area contributed by atoms with Crippen LogP contribution < -0.4 is 15.8 Å². The maximum atomic E-state index is 11.9.